The zero-order valence-electron chi connectivity index (χ0n) is 10.1. The van der Waals surface area contributed by atoms with Crippen molar-refractivity contribution in [1.29, 1.82) is 0 Å². The molecule has 2 rings (SSSR count). The van der Waals surface area contributed by atoms with Crippen molar-refractivity contribution in [3.8, 4) is 11.5 Å². The molecule has 90 valence electrons. The maximum absolute atomic E-state index is 5.59. The smallest absolute Gasteiger partial charge is 0.130 e. The van der Waals surface area contributed by atoms with Gasteiger partial charge in [0.2, 0.25) is 0 Å². The summed E-state index contributed by atoms with van der Waals surface area (Å²) in [4.78, 5) is 4.36. The van der Waals surface area contributed by atoms with Crippen LogP contribution in [0.4, 0.5) is 0 Å². The van der Waals surface area contributed by atoms with Crippen molar-refractivity contribution >= 4 is 10.8 Å². The Morgan fingerprint density at radius 2 is 2.00 bits per heavy atom. The highest BCUT2D eigenvalue weighted by Gasteiger charge is 2.09. The van der Waals surface area contributed by atoms with Gasteiger partial charge in [0, 0.05) is 35.2 Å². The van der Waals surface area contributed by atoms with Gasteiger partial charge in [0.1, 0.15) is 11.5 Å². The largest absolute Gasteiger partial charge is 0.497 e. The Kier molecular flexibility index (Phi) is 3.44. The first kappa shape index (κ1) is 11.7. The summed E-state index contributed by atoms with van der Waals surface area (Å²) < 4.78 is 10.6. The van der Waals surface area contributed by atoms with Crippen LogP contribution < -0.4 is 15.2 Å². The molecule has 0 amide bonds. The number of hydrogen-bond donors (Lipinski definition) is 1. The van der Waals surface area contributed by atoms with Crippen LogP contribution in [0.5, 0.6) is 11.5 Å². The molecule has 0 saturated heterocycles. The number of aromatic nitrogens is 1. The fourth-order valence-electron chi connectivity index (χ4n) is 1.91. The van der Waals surface area contributed by atoms with E-state index in [1.54, 1.807) is 20.4 Å². The lowest BCUT2D eigenvalue weighted by atomic mass is 10.1. The molecule has 1 aromatic carbocycles. The van der Waals surface area contributed by atoms with E-state index < -0.39 is 0 Å². The third kappa shape index (κ3) is 2.17. The predicted molar refractivity (Wildman–Crippen MR) is 67.6 cm³/mol. The van der Waals surface area contributed by atoms with E-state index in [-0.39, 0.29) is 0 Å². The minimum atomic E-state index is 0.575. The minimum Gasteiger partial charge on any atom is -0.497 e. The molecule has 0 unspecified atom stereocenters. The second kappa shape index (κ2) is 5.01. The van der Waals surface area contributed by atoms with Gasteiger partial charge in [-0.25, -0.2) is 0 Å². The molecule has 0 bridgehead atoms. The van der Waals surface area contributed by atoms with Crippen molar-refractivity contribution in [2.24, 2.45) is 5.73 Å². The van der Waals surface area contributed by atoms with Gasteiger partial charge in [0.05, 0.1) is 14.2 Å². The van der Waals surface area contributed by atoms with Gasteiger partial charge in [-0.2, -0.15) is 0 Å². The molecule has 0 saturated carbocycles. The molecule has 0 atom stereocenters. The summed E-state index contributed by atoms with van der Waals surface area (Å²) >= 11 is 0. The summed E-state index contributed by atoms with van der Waals surface area (Å²) in [6.07, 6.45) is 2.52. The third-order valence-electron chi connectivity index (χ3n) is 2.73. The average Bonchev–Trinajstić information content (AvgIpc) is 2.38. The number of pyridine rings is 1. The molecular weight excluding hydrogens is 216 g/mol. The van der Waals surface area contributed by atoms with E-state index in [1.165, 1.54) is 0 Å². The Bertz CT molecular complexity index is 526. The first-order valence-corrected chi connectivity index (χ1v) is 5.50. The fraction of sp³-hybridized carbons (Fsp3) is 0.308. The van der Waals surface area contributed by atoms with Crippen LogP contribution >= 0.6 is 0 Å². The van der Waals surface area contributed by atoms with Gasteiger partial charge in [-0.3, -0.25) is 4.98 Å². The normalized spacial score (nSPS) is 10.5. The fourth-order valence-corrected chi connectivity index (χ4v) is 1.91. The molecule has 2 aromatic rings. The molecule has 0 aliphatic rings. The van der Waals surface area contributed by atoms with Gasteiger partial charge in [-0.15, -0.1) is 0 Å². The van der Waals surface area contributed by atoms with E-state index in [0.717, 1.165) is 34.4 Å². The molecular formula is C13H16N2O2. The molecule has 1 heterocycles. The molecule has 4 heteroatoms. The number of nitrogens with zero attached hydrogens (tertiary/aromatic N) is 1. The van der Waals surface area contributed by atoms with Gasteiger partial charge >= 0.3 is 0 Å². The Morgan fingerprint density at radius 1 is 1.18 bits per heavy atom. The van der Waals surface area contributed by atoms with E-state index in [0.29, 0.717) is 6.54 Å². The Morgan fingerprint density at radius 3 is 2.65 bits per heavy atom. The van der Waals surface area contributed by atoms with Crippen molar-refractivity contribution in [3.63, 3.8) is 0 Å². The molecule has 17 heavy (non-hydrogen) atoms. The van der Waals surface area contributed by atoms with Crippen LogP contribution in [0.25, 0.3) is 10.8 Å². The summed E-state index contributed by atoms with van der Waals surface area (Å²) in [5.74, 6) is 1.56. The Balaban J connectivity index is 2.70. The van der Waals surface area contributed by atoms with Crippen molar-refractivity contribution in [2.75, 3.05) is 20.8 Å². The van der Waals surface area contributed by atoms with E-state index in [4.69, 9.17) is 15.2 Å². The van der Waals surface area contributed by atoms with E-state index in [9.17, 15) is 0 Å². The Hall–Kier alpha value is -1.81. The summed E-state index contributed by atoms with van der Waals surface area (Å²) in [5, 5.41) is 2.07. The van der Waals surface area contributed by atoms with Gasteiger partial charge in [-0.05, 0) is 18.7 Å². The van der Waals surface area contributed by atoms with Gasteiger partial charge in [0.25, 0.3) is 0 Å². The lowest BCUT2D eigenvalue weighted by Gasteiger charge is -2.11. The van der Waals surface area contributed by atoms with E-state index in [2.05, 4.69) is 4.98 Å². The number of hydrogen-bond acceptors (Lipinski definition) is 4. The molecule has 0 radical (unpaired) electrons. The number of ether oxygens (including phenoxy) is 2. The van der Waals surface area contributed by atoms with Crippen molar-refractivity contribution in [1.82, 2.24) is 4.98 Å². The lowest BCUT2D eigenvalue weighted by molar-refractivity contribution is 0.398. The molecule has 4 nitrogen and oxygen atoms in total. The number of rotatable bonds is 4. The summed E-state index contributed by atoms with van der Waals surface area (Å²) in [7, 11) is 3.29. The average molecular weight is 232 g/mol. The first-order valence-electron chi connectivity index (χ1n) is 5.50. The van der Waals surface area contributed by atoms with Gasteiger partial charge in [-0.1, -0.05) is 0 Å². The van der Waals surface area contributed by atoms with Crippen LogP contribution in [0, 0.1) is 0 Å². The van der Waals surface area contributed by atoms with Crippen LogP contribution in [0.15, 0.2) is 24.4 Å². The maximum atomic E-state index is 5.59. The van der Waals surface area contributed by atoms with Gasteiger partial charge < -0.3 is 15.2 Å². The van der Waals surface area contributed by atoms with Crippen molar-refractivity contribution in [2.45, 2.75) is 6.42 Å². The number of methoxy groups -OCH3 is 2. The summed E-state index contributed by atoms with van der Waals surface area (Å²) in [5.41, 5.74) is 6.56. The monoisotopic (exact) mass is 232 g/mol. The lowest BCUT2D eigenvalue weighted by Crippen LogP contribution is -2.05. The zero-order chi connectivity index (χ0) is 12.3. The Labute approximate surface area is 100 Å². The highest BCUT2D eigenvalue weighted by Crippen LogP contribution is 2.32. The zero-order valence-corrected chi connectivity index (χ0v) is 10.1. The number of nitrogens with two attached hydrogens (primary N) is 1. The number of benzene rings is 1. The SMILES string of the molecule is COc1cc(OC)c2ccnc(CCN)c2c1. The number of fused-ring (bicyclic) bond motifs is 1. The summed E-state index contributed by atoms with van der Waals surface area (Å²) in [6.45, 7) is 0.575. The molecule has 0 spiro atoms. The predicted octanol–water partition coefficient (Wildman–Crippen LogP) is 1.75. The molecule has 0 aliphatic carbocycles. The molecule has 0 fully saturated rings. The molecule has 0 aliphatic heterocycles. The second-order valence-electron chi connectivity index (χ2n) is 3.72. The van der Waals surface area contributed by atoms with Crippen LogP contribution in [-0.2, 0) is 6.42 Å². The van der Waals surface area contributed by atoms with Crippen molar-refractivity contribution in [3.05, 3.63) is 30.1 Å². The molecule has 1 aromatic heterocycles. The minimum absolute atomic E-state index is 0.575. The van der Waals surface area contributed by atoms with Crippen LogP contribution in [0.1, 0.15) is 5.69 Å². The highest BCUT2D eigenvalue weighted by atomic mass is 16.5. The van der Waals surface area contributed by atoms with Crippen LogP contribution in [-0.4, -0.2) is 25.7 Å². The highest BCUT2D eigenvalue weighted by molar-refractivity contribution is 5.91. The van der Waals surface area contributed by atoms with Crippen molar-refractivity contribution < 1.29 is 9.47 Å². The first-order chi connectivity index (χ1) is 8.30. The van der Waals surface area contributed by atoms with E-state index >= 15 is 0 Å². The topological polar surface area (TPSA) is 57.4 Å². The maximum Gasteiger partial charge on any atom is 0.130 e. The van der Waals surface area contributed by atoms with Crippen LogP contribution in [0.2, 0.25) is 0 Å². The quantitative estimate of drug-likeness (QED) is 0.872. The van der Waals surface area contributed by atoms with E-state index in [1.807, 2.05) is 18.2 Å². The molecule has 2 N–H and O–H groups in total. The standard InChI is InChI=1S/C13H16N2O2/c1-16-9-7-11-10(13(8-9)17-2)4-6-15-12(11)3-5-14/h4,6-8H,3,5,14H2,1-2H3. The second-order valence-corrected chi connectivity index (χ2v) is 3.72. The van der Waals surface area contributed by atoms with Gasteiger partial charge in [0.15, 0.2) is 0 Å². The third-order valence-corrected chi connectivity index (χ3v) is 2.73. The van der Waals surface area contributed by atoms with Crippen LogP contribution in [0.3, 0.4) is 0 Å². The summed E-state index contributed by atoms with van der Waals surface area (Å²) in [6, 6.07) is 5.78.